The number of phenolic OH excluding ortho intramolecular Hbond substituents is 1. The largest absolute Gasteiger partial charge is 0.508 e. The van der Waals surface area contributed by atoms with E-state index in [0.29, 0.717) is 24.8 Å². The summed E-state index contributed by atoms with van der Waals surface area (Å²) in [5, 5.41) is 20.9. The van der Waals surface area contributed by atoms with E-state index in [-0.39, 0.29) is 42.9 Å². The van der Waals surface area contributed by atoms with Gasteiger partial charge in [-0.1, -0.05) is 30.7 Å². The van der Waals surface area contributed by atoms with Crippen molar-refractivity contribution in [2.75, 3.05) is 13.7 Å². The molecule has 8 nitrogen and oxygen atoms in total. The highest BCUT2D eigenvalue weighted by Crippen LogP contribution is 2.34. The fourth-order valence-corrected chi connectivity index (χ4v) is 4.57. The molecule has 0 aliphatic rings. The lowest BCUT2D eigenvalue weighted by atomic mass is 9.92. The summed E-state index contributed by atoms with van der Waals surface area (Å²) in [4.78, 5) is 37.6. The summed E-state index contributed by atoms with van der Waals surface area (Å²) < 4.78 is 76.5. The molecule has 240 valence electrons. The maximum absolute atomic E-state index is 14.9. The first kappa shape index (κ1) is 34.7. The van der Waals surface area contributed by atoms with Crippen LogP contribution in [0, 0.1) is 35.0 Å². The zero-order valence-electron chi connectivity index (χ0n) is 24.1. The fraction of sp³-hybridized carbons (Fsp3) is 0.281. The second-order valence-electron chi connectivity index (χ2n) is 10.1. The van der Waals surface area contributed by atoms with Crippen LogP contribution in [0.3, 0.4) is 0 Å². The molecule has 0 bridgehead atoms. The molecule has 0 heterocycles. The minimum absolute atomic E-state index is 0.0332. The lowest BCUT2D eigenvalue weighted by Gasteiger charge is -2.15. The first-order valence-electron chi connectivity index (χ1n) is 13.9. The number of hydroxylamine groups is 1. The highest BCUT2D eigenvalue weighted by molar-refractivity contribution is 6.24. The zero-order chi connectivity index (χ0) is 33.1. The average molecular weight is 635 g/mol. The summed E-state index contributed by atoms with van der Waals surface area (Å²) >= 11 is 0. The van der Waals surface area contributed by atoms with Crippen LogP contribution in [0.1, 0.15) is 48.8 Å². The summed E-state index contributed by atoms with van der Waals surface area (Å²) in [7, 11) is 0.817. The standard InChI is InChI=1S/C32H31F5N2O6/c1-45-30-28(36)26(34)25(27(35)29(30)37)24(16-19-6-10-21(33)11-7-19)32(43)38-14-4-2-3-5-23(41)17-20(31(42)39-44)15-18-8-12-22(40)13-9-18/h6-13,16,20,40,44H,2-5,14-15,17H2,1H3,(H,38,43)(H,39,42)/b24-16-. The van der Waals surface area contributed by atoms with Crippen molar-refractivity contribution in [1.29, 1.82) is 0 Å². The number of carbonyl (C=O) groups excluding carboxylic acids is 3. The van der Waals surface area contributed by atoms with Crippen molar-refractivity contribution in [2.45, 2.75) is 38.5 Å². The molecule has 13 heteroatoms. The smallest absolute Gasteiger partial charge is 0.252 e. The predicted molar refractivity (Wildman–Crippen MR) is 153 cm³/mol. The van der Waals surface area contributed by atoms with Gasteiger partial charge in [-0.05, 0) is 60.7 Å². The van der Waals surface area contributed by atoms with Crippen molar-refractivity contribution in [3.63, 3.8) is 0 Å². The van der Waals surface area contributed by atoms with Gasteiger partial charge in [-0.3, -0.25) is 19.6 Å². The Morgan fingerprint density at radius 2 is 1.49 bits per heavy atom. The van der Waals surface area contributed by atoms with E-state index in [0.717, 1.165) is 25.3 Å². The van der Waals surface area contributed by atoms with Crippen LogP contribution in [0.5, 0.6) is 11.5 Å². The predicted octanol–water partition coefficient (Wildman–Crippen LogP) is 5.64. The first-order valence-corrected chi connectivity index (χ1v) is 13.9. The van der Waals surface area contributed by atoms with E-state index in [1.807, 2.05) is 0 Å². The molecule has 2 amide bonds. The topological polar surface area (TPSA) is 125 Å². The van der Waals surface area contributed by atoms with Gasteiger partial charge in [0.2, 0.25) is 17.5 Å². The summed E-state index contributed by atoms with van der Waals surface area (Å²) in [5.41, 5.74) is 0.328. The Labute approximate surface area is 255 Å². The number of Topliss-reactive ketones (excluding diaryl/α,β-unsaturated/α-hetero) is 1. The molecule has 3 aromatic rings. The van der Waals surface area contributed by atoms with Gasteiger partial charge in [0, 0.05) is 19.4 Å². The number of ketones is 1. The van der Waals surface area contributed by atoms with Gasteiger partial charge < -0.3 is 15.2 Å². The van der Waals surface area contributed by atoms with Crippen molar-refractivity contribution in [1.82, 2.24) is 10.8 Å². The molecule has 0 saturated carbocycles. The van der Waals surface area contributed by atoms with Gasteiger partial charge in [0.05, 0.1) is 24.2 Å². The molecule has 0 aliphatic carbocycles. The highest BCUT2D eigenvalue weighted by atomic mass is 19.2. The van der Waals surface area contributed by atoms with E-state index in [1.54, 1.807) is 17.6 Å². The Kier molecular flexibility index (Phi) is 12.6. The normalized spacial score (nSPS) is 12.0. The molecule has 1 atom stereocenters. The third-order valence-electron chi connectivity index (χ3n) is 6.91. The molecule has 0 radical (unpaired) electrons. The minimum atomic E-state index is -1.86. The number of benzene rings is 3. The van der Waals surface area contributed by atoms with Gasteiger partial charge in [0.15, 0.2) is 17.4 Å². The van der Waals surface area contributed by atoms with Crippen LogP contribution in [0.25, 0.3) is 11.6 Å². The Morgan fingerprint density at radius 1 is 0.867 bits per heavy atom. The summed E-state index contributed by atoms with van der Waals surface area (Å²) in [5.74, 6) is -12.1. The number of amides is 2. The molecule has 4 N–H and O–H groups in total. The van der Waals surface area contributed by atoms with Crippen LogP contribution in [0.15, 0.2) is 48.5 Å². The molecule has 0 spiro atoms. The van der Waals surface area contributed by atoms with E-state index in [9.17, 15) is 41.4 Å². The SMILES string of the molecule is COc1c(F)c(F)c(/C(=C/c2ccc(F)cc2)C(=O)NCCCCCC(=O)CC(Cc2ccc(O)cc2)C(=O)NO)c(F)c1F. The first-order chi connectivity index (χ1) is 21.5. The molecule has 0 aromatic heterocycles. The maximum atomic E-state index is 14.9. The van der Waals surface area contributed by atoms with Gasteiger partial charge in [0.25, 0.3) is 5.91 Å². The van der Waals surface area contributed by atoms with Crippen LogP contribution in [0.4, 0.5) is 22.0 Å². The molecule has 1 unspecified atom stereocenters. The number of aromatic hydroxyl groups is 1. The van der Waals surface area contributed by atoms with Crippen molar-refractivity contribution < 1.29 is 51.4 Å². The van der Waals surface area contributed by atoms with Crippen LogP contribution < -0.4 is 15.5 Å². The third-order valence-corrected chi connectivity index (χ3v) is 6.91. The van der Waals surface area contributed by atoms with Gasteiger partial charge >= 0.3 is 0 Å². The summed E-state index contributed by atoms with van der Waals surface area (Å²) in [6.07, 6.45) is 2.17. The Bertz CT molecular complexity index is 1520. The number of methoxy groups -OCH3 is 1. The summed E-state index contributed by atoms with van der Waals surface area (Å²) in [6.45, 7) is -0.0332. The number of hydrogen-bond acceptors (Lipinski definition) is 6. The molecular formula is C32H31F5N2O6. The number of halogens is 5. The Balaban J connectivity index is 1.61. The maximum Gasteiger partial charge on any atom is 0.252 e. The van der Waals surface area contributed by atoms with Crippen molar-refractivity contribution in [2.24, 2.45) is 5.92 Å². The Hall–Kier alpha value is -4.78. The van der Waals surface area contributed by atoms with Gasteiger partial charge in [0.1, 0.15) is 17.3 Å². The molecule has 45 heavy (non-hydrogen) atoms. The van der Waals surface area contributed by atoms with Gasteiger partial charge in [-0.2, -0.15) is 8.78 Å². The van der Waals surface area contributed by atoms with Crippen LogP contribution in [-0.4, -0.2) is 41.6 Å². The molecule has 0 fully saturated rings. The number of carbonyl (C=O) groups is 3. The number of ether oxygens (including phenoxy) is 1. The van der Waals surface area contributed by atoms with Gasteiger partial charge in [-0.15, -0.1) is 0 Å². The van der Waals surface area contributed by atoms with Crippen molar-refractivity contribution >= 4 is 29.2 Å². The summed E-state index contributed by atoms with van der Waals surface area (Å²) in [6, 6.07) is 10.5. The number of nitrogens with one attached hydrogen (secondary N) is 2. The minimum Gasteiger partial charge on any atom is -0.508 e. The average Bonchev–Trinajstić information content (AvgIpc) is 3.02. The van der Waals surface area contributed by atoms with Crippen molar-refractivity contribution in [3.05, 3.63) is 94.3 Å². The van der Waals surface area contributed by atoms with E-state index in [4.69, 9.17) is 5.21 Å². The zero-order valence-corrected chi connectivity index (χ0v) is 24.1. The van der Waals surface area contributed by atoms with E-state index >= 15 is 0 Å². The highest BCUT2D eigenvalue weighted by Gasteiger charge is 2.30. The number of unbranched alkanes of at least 4 members (excludes halogenated alkanes) is 2. The molecule has 3 rings (SSSR count). The lowest BCUT2D eigenvalue weighted by Crippen LogP contribution is -2.31. The van der Waals surface area contributed by atoms with Crippen LogP contribution >= 0.6 is 0 Å². The second-order valence-corrected chi connectivity index (χ2v) is 10.1. The molecule has 0 aliphatic heterocycles. The monoisotopic (exact) mass is 634 g/mol. The van der Waals surface area contributed by atoms with Crippen LogP contribution in [0.2, 0.25) is 0 Å². The number of phenols is 1. The molecule has 3 aromatic carbocycles. The quantitative estimate of drug-likeness (QED) is 0.0327. The lowest BCUT2D eigenvalue weighted by molar-refractivity contribution is -0.136. The second kappa shape index (κ2) is 16.3. The number of rotatable bonds is 15. The number of hydrogen-bond donors (Lipinski definition) is 4. The fourth-order valence-electron chi connectivity index (χ4n) is 4.57. The van der Waals surface area contributed by atoms with Gasteiger partial charge in [-0.25, -0.2) is 18.7 Å². The molecular weight excluding hydrogens is 603 g/mol. The van der Waals surface area contributed by atoms with Crippen LogP contribution in [-0.2, 0) is 20.8 Å². The molecule has 0 saturated heterocycles. The van der Waals surface area contributed by atoms with E-state index in [1.165, 1.54) is 24.3 Å². The van der Waals surface area contributed by atoms with Crippen molar-refractivity contribution in [3.8, 4) is 11.5 Å². The Morgan fingerprint density at radius 3 is 2.07 bits per heavy atom. The van der Waals surface area contributed by atoms with E-state index < -0.39 is 63.7 Å². The third kappa shape index (κ3) is 9.35. The van der Waals surface area contributed by atoms with E-state index in [2.05, 4.69) is 10.1 Å².